The Morgan fingerprint density at radius 3 is 2.96 bits per heavy atom. The van der Waals surface area contributed by atoms with Gasteiger partial charge < -0.3 is 19.3 Å². The molecule has 2 aliphatic rings. The van der Waals surface area contributed by atoms with Gasteiger partial charge >= 0.3 is 0 Å². The number of hydrogen-bond acceptors (Lipinski definition) is 5. The quantitative estimate of drug-likeness (QED) is 0.860. The Morgan fingerprint density at radius 1 is 1.24 bits per heavy atom. The normalized spacial score (nSPS) is 15.4. The number of rotatable bonds is 3. The third kappa shape index (κ3) is 2.67. The smallest absolute Gasteiger partial charge is 0.263 e. The van der Waals surface area contributed by atoms with Crippen LogP contribution in [-0.2, 0) is 0 Å². The fourth-order valence-electron chi connectivity index (χ4n) is 3.40. The van der Waals surface area contributed by atoms with E-state index in [0.29, 0.717) is 31.2 Å². The standard InChI is InChI=1S/C19H21N3O3/c1-3-24-18-14(8-7-13(2)20-18)19(23)22-10-9-21-11-12-25-16-6-4-5-15(22)17(16)21/h4-8H,3,9-12H2,1-2H3. The number of nitrogens with zero attached hydrogens (tertiary/aromatic N) is 3. The summed E-state index contributed by atoms with van der Waals surface area (Å²) < 4.78 is 11.4. The van der Waals surface area contributed by atoms with E-state index >= 15 is 0 Å². The number of anilines is 2. The Hall–Kier alpha value is -2.76. The van der Waals surface area contributed by atoms with Gasteiger partial charge in [0.25, 0.3) is 5.91 Å². The van der Waals surface area contributed by atoms with Crippen LogP contribution < -0.4 is 19.3 Å². The Morgan fingerprint density at radius 2 is 2.12 bits per heavy atom. The van der Waals surface area contributed by atoms with Gasteiger partial charge in [0.15, 0.2) is 0 Å². The molecule has 6 nitrogen and oxygen atoms in total. The molecule has 2 aromatic rings. The van der Waals surface area contributed by atoms with Gasteiger partial charge in [-0.2, -0.15) is 0 Å². The van der Waals surface area contributed by atoms with Crippen molar-refractivity contribution in [3.63, 3.8) is 0 Å². The van der Waals surface area contributed by atoms with Crippen molar-refractivity contribution in [3.8, 4) is 11.6 Å². The molecule has 0 atom stereocenters. The van der Waals surface area contributed by atoms with Gasteiger partial charge in [0.05, 0.1) is 18.8 Å². The summed E-state index contributed by atoms with van der Waals surface area (Å²) in [5.74, 6) is 1.15. The lowest BCUT2D eigenvalue weighted by Crippen LogP contribution is -2.47. The zero-order valence-corrected chi connectivity index (χ0v) is 14.5. The number of amides is 1. The predicted octanol–water partition coefficient (Wildman–Crippen LogP) is 2.65. The van der Waals surface area contributed by atoms with Crippen LogP contribution >= 0.6 is 0 Å². The van der Waals surface area contributed by atoms with Crippen molar-refractivity contribution < 1.29 is 14.3 Å². The predicted molar refractivity (Wildman–Crippen MR) is 96.0 cm³/mol. The summed E-state index contributed by atoms with van der Waals surface area (Å²) in [6.07, 6.45) is 0. The average molecular weight is 339 g/mol. The number of pyridine rings is 1. The molecule has 0 unspecified atom stereocenters. The molecule has 25 heavy (non-hydrogen) atoms. The number of hydrogen-bond donors (Lipinski definition) is 0. The van der Waals surface area contributed by atoms with E-state index in [2.05, 4.69) is 9.88 Å². The largest absolute Gasteiger partial charge is 0.489 e. The summed E-state index contributed by atoms with van der Waals surface area (Å²) in [6, 6.07) is 9.50. The number of carbonyl (C=O) groups is 1. The lowest BCUT2D eigenvalue weighted by atomic mass is 10.1. The maximum absolute atomic E-state index is 13.2. The summed E-state index contributed by atoms with van der Waals surface area (Å²) in [7, 11) is 0. The van der Waals surface area contributed by atoms with Gasteiger partial charge in [0.2, 0.25) is 5.88 Å². The van der Waals surface area contributed by atoms with Gasteiger partial charge in [0, 0.05) is 18.8 Å². The maximum atomic E-state index is 13.2. The minimum absolute atomic E-state index is 0.0884. The molecule has 2 aliphatic heterocycles. The Bertz CT molecular complexity index is 822. The number of aryl methyl sites for hydroxylation is 1. The third-order valence-electron chi connectivity index (χ3n) is 4.55. The lowest BCUT2D eigenvalue weighted by molar-refractivity contribution is 0.0981. The monoisotopic (exact) mass is 339 g/mol. The van der Waals surface area contributed by atoms with Gasteiger partial charge in [-0.15, -0.1) is 0 Å². The van der Waals surface area contributed by atoms with Gasteiger partial charge in [-0.1, -0.05) is 6.07 Å². The van der Waals surface area contributed by atoms with Crippen molar-refractivity contribution in [2.75, 3.05) is 42.6 Å². The summed E-state index contributed by atoms with van der Waals surface area (Å²) in [5.41, 5.74) is 3.22. The molecule has 6 heteroatoms. The number of para-hydroxylation sites is 1. The molecule has 0 aliphatic carbocycles. The minimum atomic E-state index is -0.0884. The maximum Gasteiger partial charge on any atom is 0.263 e. The molecule has 4 rings (SSSR count). The molecule has 3 heterocycles. The molecule has 1 aromatic carbocycles. The molecule has 0 bridgehead atoms. The van der Waals surface area contributed by atoms with E-state index in [1.165, 1.54) is 0 Å². The van der Waals surface area contributed by atoms with E-state index in [-0.39, 0.29) is 5.91 Å². The average Bonchev–Trinajstić information content (AvgIpc) is 2.62. The highest BCUT2D eigenvalue weighted by Gasteiger charge is 2.33. The highest BCUT2D eigenvalue weighted by Crippen LogP contribution is 2.43. The van der Waals surface area contributed by atoms with Crippen LogP contribution in [0.5, 0.6) is 11.6 Å². The summed E-state index contributed by atoms with van der Waals surface area (Å²) in [6.45, 7) is 7.21. The zero-order valence-electron chi connectivity index (χ0n) is 14.5. The van der Waals surface area contributed by atoms with Gasteiger partial charge in [0.1, 0.15) is 23.6 Å². The van der Waals surface area contributed by atoms with Crippen molar-refractivity contribution in [1.82, 2.24) is 4.98 Å². The van der Waals surface area contributed by atoms with Gasteiger partial charge in [-0.05, 0) is 38.1 Å². The fraction of sp³-hybridized carbons (Fsp3) is 0.368. The van der Waals surface area contributed by atoms with Crippen LogP contribution in [0, 0.1) is 6.92 Å². The van der Waals surface area contributed by atoms with Crippen LogP contribution in [0.15, 0.2) is 30.3 Å². The van der Waals surface area contributed by atoms with Crippen LogP contribution in [0.25, 0.3) is 0 Å². The second-order valence-electron chi connectivity index (χ2n) is 6.15. The van der Waals surface area contributed by atoms with E-state index in [0.717, 1.165) is 35.9 Å². The highest BCUT2D eigenvalue weighted by molar-refractivity contribution is 6.10. The first kappa shape index (κ1) is 15.7. The Balaban J connectivity index is 1.75. The van der Waals surface area contributed by atoms with Crippen LogP contribution in [-0.4, -0.2) is 43.7 Å². The van der Waals surface area contributed by atoms with E-state index in [4.69, 9.17) is 9.47 Å². The molecular formula is C19H21N3O3. The second-order valence-corrected chi connectivity index (χ2v) is 6.15. The van der Waals surface area contributed by atoms with E-state index in [1.54, 1.807) is 11.0 Å². The first-order valence-electron chi connectivity index (χ1n) is 8.62. The second kappa shape index (κ2) is 6.27. The van der Waals surface area contributed by atoms with E-state index < -0.39 is 0 Å². The van der Waals surface area contributed by atoms with Gasteiger partial charge in [-0.25, -0.2) is 4.98 Å². The Kier molecular flexibility index (Phi) is 3.95. The minimum Gasteiger partial charge on any atom is -0.489 e. The third-order valence-corrected chi connectivity index (χ3v) is 4.55. The number of ether oxygens (including phenoxy) is 2. The lowest BCUT2D eigenvalue weighted by Gasteiger charge is -2.41. The van der Waals surface area contributed by atoms with Crippen molar-refractivity contribution in [1.29, 1.82) is 0 Å². The molecule has 0 N–H and O–H groups in total. The van der Waals surface area contributed by atoms with Crippen LogP contribution in [0.3, 0.4) is 0 Å². The van der Waals surface area contributed by atoms with Gasteiger partial charge in [-0.3, -0.25) is 4.79 Å². The molecule has 0 radical (unpaired) electrons. The number of carbonyl (C=O) groups excluding carboxylic acids is 1. The first-order valence-corrected chi connectivity index (χ1v) is 8.62. The molecule has 1 aromatic heterocycles. The van der Waals surface area contributed by atoms with E-state index in [9.17, 15) is 4.79 Å². The van der Waals surface area contributed by atoms with Crippen LogP contribution in [0.2, 0.25) is 0 Å². The Labute approximate surface area is 147 Å². The first-order chi connectivity index (χ1) is 12.2. The molecule has 0 spiro atoms. The van der Waals surface area contributed by atoms with Crippen molar-refractivity contribution in [3.05, 3.63) is 41.6 Å². The number of benzene rings is 1. The molecule has 1 amide bonds. The van der Waals surface area contributed by atoms with Crippen molar-refractivity contribution in [2.45, 2.75) is 13.8 Å². The molecule has 0 fully saturated rings. The summed E-state index contributed by atoms with van der Waals surface area (Å²) in [5, 5.41) is 0. The molecule has 0 saturated carbocycles. The topological polar surface area (TPSA) is 54.9 Å². The summed E-state index contributed by atoms with van der Waals surface area (Å²) in [4.78, 5) is 21.7. The SMILES string of the molecule is CCOc1nc(C)ccc1C(=O)N1CCN2CCOc3cccc1c32. The van der Waals surface area contributed by atoms with Crippen molar-refractivity contribution in [2.24, 2.45) is 0 Å². The molecule has 130 valence electrons. The zero-order chi connectivity index (χ0) is 17.4. The fourth-order valence-corrected chi connectivity index (χ4v) is 3.40. The van der Waals surface area contributed by atoms with Crippen LogP contribution in [0.1, 0.15) is 23.0 Å². The molecule has 0 saturated heterocycles. The molecular weight excluding hydrogens is 318 g/mol. The van der Waals surface area contributed by atoms with E-state index in [1.807, 2.05) is 38.1 Å². The van der Waals surface area contributed by atoms with Crippen molar-refractivity contribution >= 4 is 17.3 Å². The highest BCUT2D eigenvalue weighted by atomic mass is 16.5. The summed E-state index contributed by atoms with van der Waals surface area (Å²) >= 11 is 0. The number of aromatic nitrogens is 1. The van der Waals surface area contributed by atoms with Crippen LogP contribution in [0.4, 0.5) is 11.4 Å².